The van der Waals surface area contributed by atoms with Crippen molar-refractivity contribution in [1.82, 2.24) is 0 Å². The Bertz CT molecular complexity index is 220. The third kappa shape index (κ3) is 96.3. The molecule has 7 heteroatoms. The molecule has 0 aliphatic carbocycles. The van der Waals surface area contributed by atoms with Crippen molar-refractivity contribution < 1.29 is 27.4 Å². The number of aliphatic carboxylic acids is 1. The Morgan fingerprint density at radius 1 is 1.23 bits per heavy atom. The van der Waals surface area contributed by atoms with Crippen molar-refractivity contribution >= 4 is 16.4 Å². The molecule has 13 heavy (non-hydrogen) atoms. The molecule has 0 fully saturated rings. The molecule has 0 bridgehead atoms. The lowest BCUT2D eigenvalue weighted by molar-refractivity contribution is -0.132. The molecule has 6 nitrogen and oxygen atoms in total. The molecule has 0 amide bonds. The average Bonchev–Trinajstić information content (AvgIpc) is 1.88. The number of carboxylic acids is 1. The highest BCUT2D eigenvalue weighted by atomic mass is 32.3. The molecular weight excluding hydrogens is 200 g/mol. The molecule has 0 aromatic rings. The molecule has 0 radical (unpaired) electrons. The quantitative estimate of drug-likeness (QED) is 0.443. The van der Waals surface area contributed by atoms with Crippen LogP contribution in [0.15, 0.2) is 12.2 Å². The molecule has 0 aliphatic heterocycles. The average molecular weight is 214 g/mol. The second-order valence-electron chi connectivity index (χ2n) is 1.53. The van der Waals surface area contributed by atoms with Crippen molar-refractivity contribution in [2.45, 2.75) is 20.8 Å². The summed E-state index contributed by atoms with van der Waals surface area (Å²) in [5, 5.41) is 7.89. The maximum absolute atomic E-state index is 9.60. The number of carbonyl (C=O) groups is 1. The summed E-state index contributed by atoms with van der Waals surface area (Å²) in [4.78, 5) is 9.60. The van der Waals surface area contributed by atoms with Crippen LogP contribution in [0, 0.1) is 0 Å². The maximum Gasteiger partial charge on any atom is 0.394 e. The Labute approximate surface area is 77.5 Å². The van der Waals surface area contributed by atoms with Crippen LogP contribution in [0.3, 0.4) is 0 Å². The summed E-state index contributed by atoms with van der Waals surface area (Å²) in [6.45, 7) is 8.60. The molecule has 0 heterocycles. The van der Waals surface area contributed by atoms with E-state index in [9.17, 15) is 4.79 Å². The van der Waals surface area contributed by atoms with Gasteiger partial charge in [-0.2, -0.15) is 8.42 Å². The van der Waals surface area contributed by atoms with E-state index >= 15 is 0 Å². The molecule has 80 valence electrons. The van der Waals surface area contributed by atoms with E-state index in [1.807, 2.05) is 13.8 Å². The van der Waals surface area contributed by atoms with Crippen molar-refractivity contribution in [3.8, 4) is 0 Å². The number of hydrogen-bond acceptors (Lipinski definition) is 3. The summed E-state index contributed by atoms with van der Waals surface area (Å²) in [6.07, 6.45) is 0. The van der Waals surface area contributed by atoms with Gasteiger partial charge in [-0.25, -0.2) is 4.79 Å². The van der Waals surface area contributed by atoms with E-state index in [1.54, 1.807) is 0 Å². The van der Waals surface area contributed by atoms with E-state index < -0.39 is 16.4 Å². The van der Waals surface area contributed by atoms with Crippen molar-refractivity contribution in [3.05, 3.63) is 12.2 Å². The zero-order chi connectivity index (χ0) is 11.7. The molecular formula is C6H14O6S. The van der Waals surface area contributed by atoms with Gasteiger partial charge >= 0.3 is 16.4 Å². The largest absolute Gasteiger partial charge is 0.478 e. The number of hydrogen-bond donors (Lipinski definition) is 3. The van der Waals surface area contributed by atoms with Crippen molar-refractivity contribution in [2.75, 3.05) is 0 Å². The highest BCUT2D eigenvalue weighted by Gasteiger charge is 1.90. The van der Waals surface area contributed by atoms with E-state index in [-0.39, 0.29) is 5.57 Å². The highest BCUT2D eigenvalue weighted by molar-refractivity contribution is 7.79. The Morgan fingerprint density at radius 2 is 1.31 bits per heavy atom. The molecule has 0 aromatic carbocycles. The van der Waals surface area contributed by atoms with Gasteiger partial charge in [0.05, 0.1) is 0 Å². The fourth-order valence-corrected chi connectivity index (χ4v) is 0. The smallest absolute Gasteiger partial charge is 0.394 e. The van der Waals surface area contributed by atoms with Crippen LogP contribution in [-0.2, 0) is 15.2 Å². The Hall–Kier alpha value is -0.920. The lowest BCUT2D eigenvalue weighted by Gasteiger charge is -1.79. The summed E-state index contributed by atoms with van der Waals surface area (Å²) in [5.74, 6) is -0.935. The molecule has 3 N–H and O–H groups in total. The monoisotopic (exact) mass is 214 g/mol. The van der Waals surface area contributed by atoms with Gasteiger partial charge in [-0.15, -0.1) is 0 Å². The zero-order valence-corrected chi connectivity index (χ0v) is 8.50. The van der Waals surface area contributed by atoms with Crippen LogP contribution in [0.4, 0.5) is 0 Å². The third-order valence-corrected chi connectivity index (χ3v) is 0.365. The molecule has 0 aromatic heterocycles. The van der Waals surface area contributed by atoms with Crippen LogP contribution in [0.1, 0.15) is 20.8 Å². The van der Waals surface area contributed by atoms with Gasteiger partial charge in [0.15, 0.2) is 0 Å². The molecule has 0 saturated carbocycles. The van der Waals surface area contributed by atoms with Gasteiger partial charge < -0.3 is 5.11 Å². The maximum atomic E-state index is 9.60. The van der Waals surface area contributed by atoms with Crippen LogP contribution in [-0.4, -0.2) is 28.6 Å². The SMILES string of the molecule is C=C(C)C(=O)O.CC.O=S(=O)(O)O. The van der Waals surface area contributed by atoms with E-state index in [1.165, 1.54) is 6.92 Å². The fraction of sp³-hybridized carbons (Fsp3) is 0.500. The topological polar surface area (TPSA) is 112 Å². The van der Waals surface area contributed by atoms with E-state index in [2.05, 4.69) is 6.58 Å². The molecule has 0 aliphatic rings. The molecule has 0 atom stereocenters. The van der Waals surface area contributed by atoms with Gasteiger partial charge in [-0.05, 0) is 6.92 Å². The van der Waals surface area contributed by atoms with Crippen molar-refractivity contribution in [1.29, 1.82) is 0 Å². The minimum absolute atomic E-state index is 0.176. The number of rotatable bonds is 1. The lowest BCUT2D eigenvalue weighted by Crippen LogP contribution is -1.92. The summed E-state index contributed by atoms with van der Waals surface area (Å²) in [7, 11) is -4.67. The van der Waals surface area contributed by atoms with Gasteiger partial charge in [0.25, 0.3) is 0 Å². The standard InChI is InChI=1S/C4H6O2.C2H6.H2O4S/c1-3(2)4(5)6;1-2;1-5(2,3)4/h1H2,2H3,(H,5,6);1-2H3;(H2,1,2,3,4). The first-order valence-electron chi connectivity index (χ1n) is 3.23. The predicted molar refractivity (Wildman–Crippen MR) is 48.0 cm³/mol. The van der Waals surface area contributed by atoms with Gasteiger partial charge in [-0.1, -0.05) is 20.4 Å². The Morgan fingerprint density at radius 3 is 1.31 bits per heavy atom. The van der Waals surface area contributed by atoms with Crippen LogP contribution in [0.25, 0.3) is 0 Å². The lowest BCUT2D eigenvalue weighted by atomic mass is 10.4. The summed E-state index contributed by atoms with van der Waals surface area (Å²) in [6, 6.07) is 0. The first-order chi connectivity index (χ1) is 5.64. The highest BCUT2D eigenvalue weighted by Crippen LogP contribution is 1.81. The minimum Gasteiger partial charge on any atom is -0.478 e. The van der Waals surface area contributed by atoms with E-state index in [0.29, 0.717) is 0 Å². The summed E-state index contributed by atoms with van der Waals surface area (Å²) >= 11 is 0. The van der Waals surface area contributed by atoms with Crippen LogP contribution >= 0.6 is 0 Å². The van der Waals surface area contributed by atoms with Gasteiger partial charge in [0.1, 0.15) is 0 Å². The normalized spacial score (nSPS) is 8.38. The first kappa shape index (κ1) is 18.0. The summed E-state index contributed by atoms with van der Waals surface area (Å²) in [5.41, 5.74) is 0.176. The van der Waals surface area contributed by atoms with Crippen LogP contribution < -0.4 is 0 Å². The van der Waals surface area contributed by atoms with Crippen molar-refractivity contribution in [2.24, 2.45) is 0 Å². The summed E-state index contributed by atoms with van der Waals surface area (Å²) < 4.78 is 31.6. The predicted octanol–water partition coefficient (Wildman–Crippen LogP) is 1.02. The first-order valence-corrected chi connectivity index (χ1v) is 4.63. The Balaban J connectivity index is -0.000000131. The van der Waals surface area contributed by atoms with Crippen LogP contribution in [0.2, 0.25) is 0 Å². The second kappa shape index (κ2) is 9.17. The van der Waals surface area contributed by atoms with Gasteiger partial charge in [0, 0.05) is 5.57 Å². The minimum atomic E-state index is -4.67. The molecule has 0 rings (SSSR count). The molecule has 0 unspecified atom stereocenters. The number of carboxylic acid groups (broad SMARTS) is 1. The fourth-order valence-electron chi connectivity index (χ4n) is 0. The van der Waals surface area contributed by atoms with Crippen molar-refractivity contribution in [3.63, 3.8) is 0 Å². The Kier molecular flexibility index (Phi) is 12.7. The zero-order valence-electron chi connectivity index (χ0n) is 7.68. The van der Waals surface area contributed by atoms with E-state index in [0.717, 1.165) is 0 Å². The second-order valence-corrected chi connectivity index (χ2v) is 2.43. The van der Waals surface area contributed by atoms with Crippen LogP contribution in [0.5, 0.6) is 0 Å². The molecule has 0 spiro atoms. The van der Waals surface area contributed by atoms with E-state index in [4.69, 9.17) is 22.6 Å². The van der Waals surface area contributed by atoms with Gasteiger partial charge in [-0.3, -0.25) is 9.11 Å². The third-order valence-electron chi connectivity index (χ3n) is 0.365. The molecule has 0 saturated heterocycles. The van der Waals surface area contributed by atoms with Gasteiger partial charge in [0.2, 0.25) is 0 Å².